The Morgan fingerprint density at radius 3 is 2.62 bits per heavy atom. The summed E-state index contributed by atoms with van der Waals surface area (Å²) in [5.74, 6) is 0. The maximum Gasteiger partial charge on any atom is 0.255 e. The van der Waals surface area contributed by atoms with Crippen LogP contribution >= 0.6 is 0 Å². The molecule has 1 aromatic carbocycles. The molecule has 2 fully saturated rings. The summed E-state index contributed by atoms with van der Waals surface area (Å²) in [6, 6.07) is 4.93. The van der Waals surface area contributed by atoms with Gasteiger partial charge in [0.1, 0.15) is 4.90 Å². The third-order valence-corrected chi connectivity index (χ3v) is 5.92. The van der Waals surface area contributed by atoms with E-state index >= 15 is 0 Å². The van der Waals surface area contributed by atoms with E-state index in [9.17, 15) is 8.42 Å². The van der Waals surface area contributed by atoms with Crippen LogP contribution in [0.3, 0.4) is 0 Å². The molecule has 9 nitrogen and oxygen atoms in total. The molecule has 146 valence electrons. The summed E-state index contributed by atoms with van der Waals surface area (Å²) in [4.78, 5) is 5.15. The lowest BCUT2D eigenvalue weighted by Gasteiger charge is -2.28. The van der Waals surface area contributed by atoms with Gasteiger partial charge in [0, 0.05) is 58.0 Å². The summed E-state index contributed by atoms with van der Waals surface area (Å²) in [6.45, 7) is 7.59. The number of piperazine rings is 1. The predicted molar refractivity (Wildman–Crippen MR) is 101 cm³/mol. The monoisotopic (exact) mass is 384 g/mol. The number of hydrogen-bond donors (Lipinski definition) is 4. The Morgan fingerprint density at radius 1 is 1.15 bits per heavy atom. The topological polar surface area (TPSA) is 112 Å². The van der Waals surface area contributed by atoms with Crippen molar-refractivity contribution in [1.29, 1.82) is 0 Å². The summed E-state index contributed by atoms with van der Waals surface area (Å²) in [6.07, 6.45) is 0. The van der Waals surface area contributed by atoms with E-state index in [0.717, 1.165) is 32.7 Å². The first kappa shape index (κ1) is 19.3. The zero-order valence-electron chi connectivity index (χ0n) is 14.9. The van der Waals surface area contributed by atoms with E-state index in [1.54, 1.807) is 17.1 Å². The van der Waals surface area contributed by atoms with Crippen molar-refractivity contribution in [3.05, 3.63) is 18.2 Å². The van der Waals surface area contributed by atoms with Crippen molar-refractivity contribution in [2.45, 2.75) is 4.90 Å². The Kier molecular flexibility index (Phi) is 6.68. The Hall–Kier alpha value is -1.43. The number of benzene rings is 1. The second kappa shape index (κ2) is 8.98. The lowest BCUT2D eigenvalue weighted by molar-refractivity contribution is 0.0272. The van der Waals surface area contributed by atoms with Crippen molar-refractivity contribution >= 4 is 21.4 Å². The van der Waals surface area contributed by atoms with Gasteiger partial charge in [0.15, 0.2) is 0 Å². The number of nitrogens with one attached hydrogen (secondary N) is 3. The lowest BCUT2D eigenvalue weighted by Crippen LogP contribution is -2.48. The molecule has 2 aliphatic rings. The maximum atomic E-state index is 12.8. The SMILES string of the molecule is Nc1ccc(NCCN2CCNCC2)c(S(=O)(=O)NN2CCOCC2)c1. The molecule has 0 aliphatic carbocycles. The van der Waals surface area contributed by atoms with Crippen molar-refractivity contribution in [1.82, 2.24) is 20.1 Å². The van der Waals surface area contributed by atoms with Gasteiger partial charge in [0.05, 0.1) is 18.9 Å². The fourth-order valence-electron chi connectivity index (χ4n) is 3.06. The van der Waals surface area contributed by atoms with Gasteiger partial charge in [0.25, 0.3) is 10.0 Å². The van der Waals surface area contributed by atoms with Crippen LogP contribution in [0.15, 0.2) is 23.1 Å². The third-order valence-electron chi connectivity index (χ3n) is 4.51. The Labute approximate surface area is 154 Å². The highest BCUT2D eigenvalue weighted by Crippen LogP contribution is 2.24. The van der Waals surface area contributed by atoms with Crippen molar-refractivity contribution in [2.75, 3.05) is 76.6 Å². The average molecular weight is 385 g/mol. The van der Waals surface area contributed by atoms with Crippen LogP contribution in [0, 0.1) is 0 Å². The van der Waals surface area contributed by atoms with Crippen LogP contribution in [0.5, 0.6) is 0 Å². The quantitative estimate of drug-likeness (QED) is 0.448. The highest BCUT2D eigenvalue weighted by molar-refractivity contribution is 7.89. The summed E-state index contributed by atoms with van der Waals surface area (Å²) < 4.78 is 30.9. The number of nitrogen functional groups attached to an aromatic ring is 1. The van der Waals surface area contributed by atoms with Crippen molar-refractivity contribution < 1.29 is 13.2 Å². The Balaban J connectivity index is 1.66. The average Bonchev–Trinajstić information content (AvgIpc) is 2.64. The molecule has 2 aliphatic heterocycles. The second-order valence-electron chi connectivity index (χ2n) is 6.47. The fourth-order valence-corrected chi connectivity index (χ4v) is 4.41. The first-order valence-electron chi connectivity index (χ1n) is 8.96. The van der Waals surface area contributed by atoms with E-state index < -0.39 is 10.0 Å². The number of nitrogens with zero attached hydrogens (tertiary/aromatic N) is 2. The van der Waals surface area contributed by atoms with Crippen LogP contribution in [-0.2, 0) is 14.8 Å². The van der Waals surface area contributed by atoms with Crippen LogP contribution in [0.25, 0.3) is 0 Å². The lowest BCUT2D eigenvalue weighted by atomic mass is 10.3. The van der Waals surface area contributed by atoms with E-state index in [-0.39, 0.29) is 4.90 Å². The van der Waals surface area contributed by atoms with Crippen molar-refractivity contribution in [3.8, 4) is 0 Å². The van der Waals surface area contributed by atoms with Crippen molar-refractivity contribution in [3.63, 3.8) is 0 Å². The molecule has 0 amide bonds. The molecule has 0 spiro atoms. The number of anilines is 2. The molecule has 10 heteroatoms. The molecule has 0 bridgehead atoms. The van der Waals surface area contributed by atoms with Crippen molar-refractivity contribution in [2.24, 2.45) is 0 Å². The standard InChI is InChI=1S/C16H28N6O3S/c17-14-1-2-15(19-5-8-21-6-3-18-4-7-21)16(13-14)26(23,24)20-22-9-11-25-12-10-22/h1-2,13,18-20H,3-12,17H2. The van der Waals surface area contributed by atoms with Crippen LogP contribution in [0.4, 0.5) is 11.4 Å². The van der Waals surface area contributed by atoms with E-state index in [1.165, 1.54) is 6.07 Å². The normalized spacial score (nSPS) is 20.2. The highest BCUT2D eigenvalue weighted by Gasteiger charge is 2.23. The Morgan fingerprint density at radius 2 is 1.88 bits per heavy atom. The minimum absolute atomic E-state index is 0.171. The second-order valence-corrected chi connectivity index (χ2v) is 8.10. The van der Waals surface area contributed by atoms with E-state index in [2.05, 4.69) is 20.4 Å². The van der Waals surface area contributed by atoms with Gasteiger partial charge in [-0.3, -0.25) is 4.90 Å². The van der Waals surface area contributed by atoms with E-state index in [4.69, 9.17) is 10.5 Å². The molecule has 0 aromatic heterocycles. The smallest absolute Gasteiger partial charge is 0.255 e. The molecule has 0 unspecified atom stereocenters. The minimum atomic E-state index is -3.71. The Bertz CT molecular complexity index is 687. The maximum absolute atomic E-state index is 12.8. The predicted octanol–water partition coefficient (Wildman–Crippen LogP) is -0.889. The van der Waals surface area contributed by atoms with Gasteiger partial charge in [-0.15, -0.1) is 4.83 Å². The molecule has 3 rings (SSSR count). The number of hydrogen-bond acceptors (Lipinski definition) is 8. The first-order chi connectivity index (χ1) is 12.5. The first-order valence-corrected chi connectivity index (χ1v) is 10.4. The van der Waals surface area contributed by atoms with E-state index in [1.807, 2.05) is 0 Å². The molecular formula is C16H28N6O3S. The molecule has 2 saturated heterocycles. The number of rotatable bonds is 7. The number of sulfonamides is 1. The molecule has 26 heavy (non-hydrogen) atoms. The van der Waals surface area contributed by atoms with Crippen LogP contribution in [0.2, 0.25) is 0 Å². The van der Waals surface area contributed by atoms with Gasteiger partial charge in [-0.2, -0.15) is 0 Å². The van der Waals surface area contributed by atoms with E-state index in [0.29, 0.717) is 44.2 Å². The number of nitrogens with two attached hydrogens (primary N) is 1. The summed E-state index contributed by atoms with van der Waals surface area (Å²) in [5.41, 5.74) is 6.82. The van der Waals surface area contributed by atoms with Gasteiger partial charge in [-0.25, -0.2) is 13.4 Å². The molecule has 2 heterocycles. The van der Waals surface area contributed by atoms with Crippen LogP contribution < -0.4 is 21.2 Å². The van der Waals surface area contributed by atoms with Gasteiger partial charge in [0.2, 0.25) is 0 Å². The number of hydrazine groups is 1. The molecule has 5 N–H and O–H groups in total. The molecule has 1 aromatic rings. The zero-order chi connectivity index (χ0) is 18.4. The van der Waals surface area contributed by atoms with Crippen LogP contribution in [0.1, 0.15) is 0 Å². The number of morpholine rings is 1. The summed E-state index contributed by atoms with van der Waals surface area (Å²) in [7, 11) is -3.71. The highest BCUT2D eigenvalue weighted by atomic mass is 32.2. The van der Waals surface area contributed by atoms with Gasteiger partial charge in [-0.1, -0.05) is 0 Å². The minimum Gasteiger partial charge on any atom is -0.399 e. The molecule has 0 radical (unpaired) electrons. The molecular weight excluding hydrogens is 356 g/mol. The largest absolute Gasteiger partial charge is 0.399 e. The number of ether oxygens (including phenoxy) is 1. The molecule has 0 saturated carbocycles. The summed E-state index contributed by atoms with van der Waals surface area (Å²) in [5, 5.41) is 8.23. The fraction of sp³-hybridized carbons (Fsp3) is 0.625. The van der Waals surface area contributed by atoms with Gasteiger partial charge < -0.3 is 21.1 Å². The third kappa shape index (κ3) is 5.29. The molecule has 0 atom stereocenters. The summed E-state index contributed by atoms with van der Waals surface area (Å²) >= 11 is 0. The van der Waals surface area contributed by atoms with Gasteiger partial charge in [-0.05, 0) is 18.2 Å². The van der Waals surface area contributed by atoms with Crippen LogP contribution in [-0.4, -0.2) is 83.9 Å². The van der Waals surface area contributed by atoms with Gasteiger partial charge >= 0.3 is 0 Å². The zero-order valence-corrected chi connectivity index (χ0v) is 15.7.